The maximum atomic E-state index is 13.7. The monoisotopic (exact) mass is 1180 g/mol. The lowest BCUT2D eigenvalue weighted by Gasteiger charge is -2.28. The van der Waals surface area contributed by atoms with Gasteiger partial charge in [0, 0.05) is 76.1 Å². The third kappa shape index (κ3) is 15.8. The number of carbonyl (C=O) groups excluding carboxylic acids is 4. The number of benzene rings is 6. The van der Waals surface area contributed by atoms with E-state index in [1.54, 1.807) is 0 Å². The number of carbonyl (C=O) groups is 4. The van der Waals surface area contributed by atoms with E-state index in [0.717, 1.165) is 58.7 Å². The van der Waals surface area contributed by atoms with Crippen molar-refractivity contribution in [3.63, 3.8) is 0 Å². The van der Waals surface area contributed by atoms with Crippen molar-refractivity contribution in [2.75, 3.05) is 39.4 Å². The first-order valence-electron chi connectivity index (χ1n) is 28.4. The van der Waals surface area contributed by atoms with E-state index in [-0.39, 0.29) is 85.9 Å². The second kappa shape index (κ2) is 25.6. The Kier molecular flexibility index (Phi) is 19.1. The normalized spacial score (nSPS) is 12.6. The summed E-state index contributed by atoms with van der Waals surface area (Å²) in [4.78, 5) is 74.6. The molecule has 0 aromatic heterocycles. The number of hydrogen-bond acceptors (Lipinski definition) is 14. The van der Waals surface area contributed by atoms with E-state index in [0.29, 0.717) is 56.0 Å². The number of amides is 4. The van der Waals surface area contributed by atoms with Crippen molar-refractivity contribution in [1.29, 1.82) is 0 Å². The van der Waals surface area contributed by atoms with Crippen LogP contribution in [0.3, 0.4) is 0 Å². The van der Waals surface area contributed by atoms with E-state index in [9.17, 15) is 59.8 Å². The number of nitro groups is 2. The van der Waals surface area contributed by atoms with Gasteiger partial charge in [0.2, 0.25) is 0 Å². The summed E-state index contributed by atoms with van der Waals surface area (Å²) < 4.78 is 13.2. The number of aromatic hydroxyl groups is 4. The number of fused-ring (bicyclic) bond motifs is 8. The minimum atomic E-state index is -0.775. The van der Waals surface area contributed by atoms with Gasteiger partial charge in [-0.05, 0) is 101 Å². The van der Waals surface area contributed by atoms with Crippen molar-refractivity contribution in [1.82, 2.24) is 21.3 Å². The molecule has 0 saturated carbocycles. The van der Waals surface area contributed by atoms with E-state index in [1.807, 2.05) is 48.5 Å². The van der Waals surface area contributed by atoms with Gasteiger partial charge in [0.1, 0.15) is 34.5 Å². The number of non-ortho nitro benzene ring substituents is 2. The Morgan fingerprint density at radius 3 is 0.930 bits per heavy atom. The average Bonchev–Trinajstić information content (AvgIpc) is 0.981. The van der Waals surface area contributed by atoms with Crippen LogP contribution in [0.1, 0.15) is 171 Å². The third-order valence-corrected chi connectivity index (χ3v) is 15.0. The van der Waals surface area contributed by atoms with Crippen molar-refractivity contribution in [3.05, 3.63) is 183 Å². The molecule has 86 heavy (non-hydrogen) atoms. The van der Waals surface area contributed by atoms with Crippen LogP contribution in [-0.4, -0.2) is 93.3 Å². The maximum Gasteiger partial charge on any atom is 0.270 e. The second-order valence-corrected chi connectivity index (χ2v) is 25.9. The molecule has 0 radical (unpaired) electrons. The van der Waals surface area contributed by atoms with Crippen LogP contribution in [0.25, 0.3) is 0 Å². The summed E-state index contributed by atoms with van der Waals surface area (Å²) in [6.45, 7) is 23.8. The van der Waals surface area contributed by atoms with Gasteiger partial charge in [-0.3, -0.25) is 39.4 Å². The number of nitrogens with one attached hydrogen (secondary N) is 4. The first kappa shape index (κ1) is 64.4. The highest BCUT2D eigenvalue weighted by Gasteiger charge is 2.30. The number of phenols is 4. The summed E-state index contributed by atoms with van der Waals surface area (Å²) in [5.41, 5.74) is 5.58. The molecule has 6 aromatic rings. The molecule has 20 heteroatoms. The zero-order valence-corrected chi connectivity index (χ0v) is 50.9. The zero-order chi connectivity index (χ0) is 63.4. The molecule has 0 atom stereocenters. The lowest BCUT2D eigenvalue weighted by atomic mass is 9.79. The van der Waals surface area contributed by atoms with Crippen molar-refractivity contribution in [3.8, 4) is 34.5 Å². The fraction of sp³-hybridized carbons (Fsp3) is 0.394. The highest BCUT2D eigenvalue weighted by atomic mass is 16.6. The van der Waals surface area contributed by atoms with E-state index in [1.165, 1.54) is 0 Å². The van der Waals surface area contributed by atoms with Crippen LogP contribution in [0.15, 0.2) is 84.9 Å². The van der Waals surface area contributed by atoms with Crippen LogP contribution in [0.5, 0.6) is 34.5 Å². The highest BCUT2D eigenvalue weighted by molar-refractivity contribution is 5.98. The molecule has 1 aliphatic carbocycles. The topological polar surface area (TPSA) is 302 Å². The lowest BCUT2D eigenvalue weighted by Crippen LogP contribution is -2.37. The highest BCUT2D eigenvalue weighted by Crippen LogP contribution is 2.44. The van der Waals surface area contributed by atoms with E-state index in [2.05, 4.69) is 104 Å². The Bertz CT molecular complexity index is 3310. The van der Waals surface area contributed by atoms with E-state index >= 15 is 0 Å². The number of rotatable bonds is 16. The van der Waals surface area contributed by atoms with Crippen molar-refractivity contribution >= 4 is 35.0 Å². The predicted molar refractivity (Wildman–Crippen MR) is 326 cm³/mol. The van der Waals surface area contributed by atoms with E-state index < -0.39 is 79.8 Å². The maximum absolute atomic E-state index is 13.7. The van der Waals surface area contributed by atoms with Gasteiger partial charge in [-0.15, -0.1) is 0 Å². The van der Waals surface area contributed by atoms with Crippen molar-refractivity contribution in [2.24, 2.45) is 0 Å². The summed E-state index contributed by atoms with van der Waals surface area (Å²) in [5.74, 6) is -2.73. The summed E-state index contributed by atoms with van der Waals surface area (Å²) in [5, 5.41) is 79.2. The minimum Gasteiger partial charge on any atom is -0.507 e. The summed E-state index contributed by atoms with van der Waals surface area (Å²) in [7, 11) is 0. The van der Waals surface area contributed by atoms with Crippen molar-refractivity contribution < 1.29 is 58.9 Å². The standard InChI is InChI=1S/C66H78N6O14/c1-63(2,3)45-25-37-21-41-29-47(65(7,8)9)31-43(59(41)85-35-55(75)67-17-19-69-61(79)51-33-49(71(81)82)13-15-53(51)73)23-39-27-46(64(4,5)6)28-40(58(39)78)24-44-32-48(66(10,11)12)30-42(22-38(26-45)57(37)77)60(44)86-36-56(76)68-18-20-70-62(80)52-34-50(72(83)84)14-16-54(52)74/h13-16,25-34,73-74,77-78H,17-24,35-36H2,1-12H3,(H,67,75)(H,68,76)(H,69,79)(H,70,80). The van der Waals surface area contributed by atoms with E-state index in [4.69, 9.17) is 9.47 Å². The number of ether oxygens (including phenoxy) is 2. The predicted octanol–water partition coefficient (Wildman–Crippen LogP) is 10.0. The smallest absolute Gasteiger partial charge is 0.270 e. The van der Waals surface area contributed by atoms with Gasteiger partial charge in [-0.25, -0.2) is 0 Å². The molecular weight excluding hydrogens is 1100 g/mol. The summed E-state index contributed by atoms with van der Waals surface area (Å²) in [6, 6.07) is 22.2. The van der Waals surface area contributed by atoms with Crippen LogP contribution >= 0.6 is 0 Å². The quantitative estimate of drug-likeness (QED) is 0.0254. The molecular formula is C66H78N6O14. The largest absolute Gasteiger partial charge is 0.507 e. The van der Waals surface area contributed by atoms with Gasteiger partial charge in [0.25, 0.3) is 35.0 Å². The summed E-state index contributed by atoms with van der Waals surface area (Å²) >= 11 is 0. The SMILES string of the molecule is CC(C)(C)c1cc2c(O)c(c1)Cc1cc(C(C)(C)C)cc(c1OCC(=O)NCCNC(=O)c1cc([N+](=O)[O-])ccc1O)Cc1cc(C(C)(C)C)cc(c1O)Cc1cc(C(C)(C)C)cc(c1OCC(=O)NCCNC(=O)c1cc([N+](=O)[O-])ccc1O)C2. The van der Waals surface area contributed by atoms with Crippen molar-refractivity contribution in [2.45, 2.75) is 130 Å². The molecule has 1 aliphatic rings. The van der Waals surface area contributed by atoms with Gasteiger partial charge in [0.05, 0.1) is 21.0 Å². The zero-order valence-electron chi connectivity index (χ0n) is 50.9. The van der Waals surface area contributed by atoms with Crippen LogP contribution < -0.4 is 30.7 Å². The van der Waals surface area contributed by atoms with Gasteiger partial charge >= 0.3 is 0 Å². The second-order valence-electron chi connectivity index (χ2n) is 25.9. The van der Waals surface area contributed by atoms with Crippen LogP contribution in [0.2, 0.25) is 0 Å². The Labute approximate surface area is 500 Å². The number of hydrogen-bond donors (Lipinski definition) is 8. The Hall–Kier alpha value is -9.20. The molecule has 6 aromatic carbocycles. The molecule has 0 heterocycles. The lowest BCUT2D eigenvalue weighted by molar-refractivity contribution is -0.385. The van der Waals surface area contributed by atoms with Crippen LogP contribution in [-0.2, 0) is 56.9 Å². The first-order valence-corrected chi connectivity index (χ1v) is 28.4. The average molecular weight is 1180 g/mol. The Balaban J connectivity index is 1.29. The third-order valence-electron chi connectivity index (χ3n) is 15.0. The van der Waals surface area contributed by atoms with Crippen LogP contribution in [0, 0.1) is 20.2 Å². The van der Waals surface area contributed by atoms with Gasteiger partial charge in [-0.1, -0.05) is 132 Å². The number of phenolic OH excluding ortho intramolecular Hbond substituents is 4. The molecule has 0 spiro atoms. The molecule has 0 saturated heterocycles. The molecule has 456 valence electrons. The number of nitro benzene ring substituents is 2. The molecule has 4 amide bonds. The molecule has 7 rings (SSSR count). The molecule has 20 nitrogen and oxygen atoms in total. The number of nitrogens with zero attached hydrogens (tertiary/aromatic N) is 2. The fourth-order valence-corrected chi connectivity index (χ4v) is 9.98. The molecule has 0 fully saturated rings. The Morgan fingerprint density at radius 1 is 0.419 bits per heavy atom. The van der Waals surface area contributed by atoms with Gasteiger partial charge in [-0.2, -0.15) is 0 Å². The van der Waals surface area contributed by atoms with Gasteiger partial charge < -0.3 is 51.2 Å². The minimum absolute atomic E-state index is 0.0153. The first-order chi connectivity index (χ1) is 40.1. The fourth-order valence-electron chi connectivity index (χ4n) is 9.98. The molecule has 8 N–H and O–H groups in total. The van der Waals surface area contributed by atoms with Gasteiger partial charge in [0.15, 0.2) is 13.2 Å². The summed E-state index contributed by atoms with van der Waals surface area (Å²) in [6.07, 6.45) is 0.540. The van der Waals surface area contributed by atoms with Crippen LogP contribution in [0.4, 0.5) is 11.4 Å². The molecule has 0 unspecified atom stereocenters. The molecule has 8 bridgehead atoms. The molecule has 0 aliphatic heterocycles. The Morgan fingerprint density at radius 2 is 0.674 bits per heavy atom.